The van der Waals surface area contributed by atoms with Gasteiger partial charge in [-0.2, -0.15) is 5.10 Å². The molecule has 2 heterocycles. The van der Waals surface area contributed by atoms with Gasteiger partial charge in [-0.05, 0) is 31.9 Å². The van der Waals surface area contributed by atoms with Crippen molar-refractivity contribution in [3.63, 3.8) is 0 Å². The number of hydrogen-bond acceptors (Lipinski definition) is 2. The van der Waals surface area contributed by atoms with Crippen LogP contribution in [0.3, 0.4) is 0 Å². The zero-order chi connectivity index (χ0) is 11.7. The summed E-state index contributed by atoms with van der Waals surface area (Å²) in [6, 6.07) is 2.87. The molecule has 1 saturated carbocycles. The third-order valence-corrected chi connectivity index (χ3v) is 4.71. The molecule has 1 saturated heterocycles. The van der Waals surface area contributed by atoms with Crippen LogP contribution in [0.2, 0.25) is 0 Å². The van der Waals surface area contributed by atoms with Crippen molar-refractivity contribution in [1.82, 2.24) is 14.7 Å². The molecule has 0 aromatic carbocycles. The van der Waals surface area contributed by atoms with Crippen molar-refractivity contribution >= 4 is 15.9 Å². The molecule has 0 radical (unpaired) electrons. The van der Waals surface area contributed by atoms with Gasteiger partial charge in [0.2, 0.25) is 0 Å². The van der Waals surface area contributed by atoms with Crippen molar-refractivity contribution in [2.24, 2.45) is 0 Å². The predicted octanol–water partition coefficient (Wildman–Crippen LogP) is 2.97. The van der Waals surface area contributed by atoms with Gasteiger partial charge < -0.3 is 0 Å². The first-order valence-electron chi connectivity index (χ1n) is 6.72. The molecule has 1 unspecified atom stereocenters. The van der Waals surface area contributed by atoms with Crippen LogP contribution < -0.4 is 0 Å². The van der Waals surface area contributed by atoms with Gasteiger partial charge in [0.25, 0.3) is 0 Å². The Bertz CT molecular complexity index is 370. The van der Waals surface area contributed by atoms with E-state index in [9.17, 15) is 0 Å². The van der Waals surface area contributed by atoms with Gasteiger partial charge in [-0.1, -0.05) is 28.8 Å². The molecule has 1 aliphatic carbocycles. The molecule has 94 valence electrons. The summed E-state index contributed by atoms with van der Waals surface area (Å²) in [4.78, 5) is 3.17. The van der Waals surface area contributed by atoms with Crippen molar-refractivity contribution in [2.45, 2.75) is 49.5 Å². The fraction of sp³-hybridized carbons (Fsp3) is 0.769. The maximum atomic E-state index is 4.74. The second-order valence-corrected chi connectivity index (χ2v) is 6.64. The molecule has 3 rings (SSSR count). The van der Waals surface area contributed by atoms with Crippen molar-refractivity contribution < 1.29 is 0 Å². The van der Waals surface area contributed by atoms with E-state index in [4.69, 9.17) is 5.10 Å². The highest BCUT2D eigenvalue weighted by atomic mass is 79.9. The second kappa shape index (κ2) is 5.11. The largest absolute Gasteiger partial charge is 0.296 e. The molecular weight excluding hydrogens is 278 g/mol. The molecule has 1 aromatic heterocycles. The summed E-state index contributed by atoms with van der Waals surface area (Å²) in [5.41, 5.74) is 1.23. The normalized spacial score (nSPS) is 27.0. The molecule has 1 atom stereocenters. The van der Waals surface area contributed by atoms with Crippen LogP contribution in [0.4, 0.5) is 0 Å². The molecular formula is C13H20BrN3. The summed E-state index contributed by atoms with van der Waals surface area (Å²) >= 11 is 3.68. The Kier molecular flexibility index (Phi) is 3.52. The first-order chi connectivity index (χ1) is 8.31. The number of halogens is 1. The molecule has 0 bridgehead atoms. The Morgan fingerprint density at radius 2 is 2.12 bits per heavy atom. The SMILES string of the molecule is BrC1CCN(Cc2ccn(C3CCCC3)n2)C1. The Hall–Kier alpha value is -0.350. The zero-order valence-corrected chi connectivity index (χ0v) is 11.8. The number of likely N-dealkylation sites (tertiary alicyclic amines) is 1. The molecule has 1 aliphatic heterocycles. The first-order valence-corrected chi connectivity index (χ1v) is 7.63. The summed E-state index contributed by atoms with van der Waals surface area (Å²) in [5, 5.41) is 4.74. The zero-order valence-electron chi connectivity index (χ0n) is 10.2. The molecule has 0 spiro atoms. The van der Waals surface area contributed by atoms with Gasteiger partial charge in [0, 0.05) is 24.1 Å². The number of alkyl halides is 1. The maximum absolute atomic E-state index is 4.74. The third-order valence-electron chi connectivity index (χ3n) is 3.96. The highest BCUT2D eigenvalue weighted by Crippen LogP contribution is 2.29. The Labute approximate surface area is 111 Å². The number of nitrogens with zero attached hydrogens (tertiary/aromatic N) is 3. The lowest BCUT2D eigenvalue weighted by Gasteiger charge is -2.13. The molecule has 0 amide bonds. The predicted molar refractivity (Wildman–Crippen MR) is 72.3 cm³/mol. The fourth-order valence-corrected chi connectivity index (χ4v) is 3.61. The summed E-state index contributed by atoms with van der Waals surface area (Å²) in [6.45, 7) is 3.38. The number of aromatic nitrogens is 2. The van der Waals surface area contributed by atoms with E-state index in [1.165, 1.54) is 44.3 Å². The van der Waals surface area contributed by atoms with Gasteiger partial charge in [0.15, 0.2) is 0 Å². The van der Waals surface area contributed by atoms with Crippen LogP contribution in [-0.4, -0.2) is 32.6 Å². The van der Waals surface area contributed by atoms with Gasteiger partial charge in [-0.25, -0.2) is 0 Å². The highest BCUT2D eigenvalue weighted by molar-refractivity contribution is 9.09. The molecule has 1 aromatic rings. The Balaban J connectivity index is 1.60. The van der Waals surface area contributed by atoms with Crippen LogP contribution in [0, 0.1) is 0 Å². The summed E-state index contributed by atoms with van der Waals surface area (Å²) in [7, 11) is 0. The topological polar surface area (TPSA) is 21.1 Å². The van der Waals surface area contributed by atoms with E-state index >= 15 is 0 Å². The van der Waals surface area contributed by atoms with E-state index in [-0.39, 0.29) is 0 Å². The van der Waals surface area contributed by atoms with Gasteiger partial charge in [-0.3, -0.25) is 9.58 Å². The maximum Gasteiger partial charge on any atom is 0.0764 e. The average molecular weight is 298 g/mol. The van der Waals surface area contributed by atoms with E-state index < -0.39 is 0 Å². The van der Waals surface area contributed by atoms with E-state index in [1.807, 2.05) is 0 Å². The van der Waals surface area contributed by atoms with Crippen LogP contribution in [0.15, 0.2) is 12.3 Å². The van der Waals surface area contributed by atoms with Crippen LogP contribution in [-0.2, 0) is 6.54 Å². The standard InChI is InChI=1S/C13H20BrN3/c14-11-5-7-16(9-11)10-12-6-8-17(15-12)13-3-1-2-4-13/h6,8,11,13H,1-5,7,9-10H2. The van der Waals surface area contributed by atoms with Crippen LogP contribution >= 0.6 is 15.9 Å². The third kappa shape index (κ3) is 2.74. The molecule has 0 N–H and O–H groups in total. The van der Waals surface area contributed by atoms with Crippen molar-refractivity contribution in [3.05, 3.63) is 18.0 Å². The van der Waals surface area contributed by atoms with Crippen LogP contribution in [0.5, 0.6) is 0 Å². The second-order valence-electron chi connectivity index (χ2n) is 5.35. The smallest absolute Gasteiger partial charge is 0.0764 e. The van der Waals surface area contributed by atoms with E-state index in [1.54, 1.807) is 0 Å². The lowest BCUT2D eigenvalue weighted by molar-refractivity contribution is 0.325. The minimum absolute atomic E-state index is 0.672. The van der Waals surface area contributed by atoms with E-state index in [0.717, 1.165) is 13.1 Å². The van der Waals surface area contributed by atoms with Crippen molar-refractivity contribution in [1.29, 1.82) is 0 Å². The Morgan fingerprint density at radius 1 is 1.29 bits per heavy atom. The first kappa shape index (κ1) is 11.7. The quantitative estimate of drug-likeness (QED) is 0.800. The molecule has 2 aliphatic rings. The minimum atomic E-state index is 0.672. The van der Waals surface area contributed by atoms with Gasteiger partial charge in [0.1, 0.15) is 0 Å². The fourth-order valence-electron chi connectivity index (χ4n) is 2.99. The lowest BCUT2D eigenvalue weighted by Crippen LogP contribution is -2.20. The molecule has 17 heavy (non-hydrogen) atoms. The van der Waals surface area contributed by atoms with Crippen molar-refractivity contribution in [3.8, 4) is 0 Å². The van der Waals surface area contributed by atoms with E-state index in [0.29, 0.717) is 10.9 Å². The molecule has 2 fully saturated rings. The summed E-state index contributed by atoms with van der Waals surface area (Å²) < 4.78 is 2.20. The summed E-state index contributed by atoms with van der Waals surface area (Å²) in [5.74, 6) is 0. The number of hydrogen-bond donors (Lipinski definition) is 0. The highest BCUT2D eigenvalue weighted by Gasteiger charge is 2.21. The minimum Gasteiger partial charge on any atom is -0.296 e. The van der Waals surface area contributed by atoms with Crippen molar-refractivity contribution in [2.75, 3.05) is 13.1 Å². The monoisotopic (exact) mass is 297 g/mol. The average Bonchev–Trinajstić information content (AvgIpc) is 3.00. The lowest BCUT2D eigenvalue weighted by atomic mass is 10.3. The summed E-state index contributed by atoms with van der Waals surface area (Å²) in [6.07, 6.45) is 8.81. The van der Waals surface area contributed by atoms with Crippen LogP contribution in [0.1, 0.15) is 43.8 Å². The van der Waals surface area contributed by atoms with Crippen LogP contribution in [0.25, 0.3) is 0 Å². The number of rotatable bonds is 3. The molecule has 3 nitrogen and oxygen atoms in total. The molecule has 4 heteroatoms. The van der Waals surface area contributed by atoms with Gasteiger partial charge >= 0.3 is 0 Å². The van der Waals surface area contributed by atoms with E-state index in [2.05, 4.69) is 37.8 Å². The van der Waals surface area contributed by atoms with Gasteiger partial charge in [-0.15, -0.1) is 0 Å². The van der Waals surface area contributed by atoms with Gasteiger partial charge in [0.05, 0.1) is 11.7 Å². The Morgan fingerprint density at radius 3 is 2.82 bits per heavy atom.